The van der Waals surface area contributed by atoms with Crippen LogP contribution in [-0.2, 0) is 5.92 Å². The fraction of sp³-hybridized carbons (Fsp3) is 0.222. The van der Waals surface area contributed by atoms with Crippen molar-refractivity contribution in [1.82, 2.24) is 0 Å². The van der Waals surface area contributed by atoms with Crippen molar-refractivity contribution in [2.75, 3.05) is 6.54 Å². The first kappa shape index (κ1) is 9.94. The summed E-state index contributed by atoms with van der Waals surface area (Å²) in [6.45, 7) is 5.54. The van der Waals surface area contributed by atoms with Gasteiger partial charge in [0.1, 0.15) is 0 Å². The Bertz CT molecular complexity index is 326. The lowest BCUT2D eigenvalue weighted by atomic mass is 10.1. The lowest BCUT2D eigenvalue weighted by Gasteiger charge is -2.09. The van der Waals surface area contributed by atoms with Gasteiger partial charge in [-0.25, -0.2) is 6.57 Å². The van der Waals surface area contributed by atoms with Crippen LogP contribution in [0.4, 0.5) is 8.78 Å². The summed E-state index contributed by atoms with van der Waals surface area (Å²) >= 11 is 5.53. The third kappa shape index (κ3) is 2.40. The van der Waals surface area contributed by atoms with Gasteiger partial charge in [0.05, 0.1) is 0 Å². The smallest absolute Gasteiger partial charge is 0.310 e. The highest BCUT2D eigenvalue weighted by molar-refractivity contribution is 6.30. The van der Waals surface area contributed by atoms with E-state index < -0.39 is 12.5 Å². The first-order valence-electron chi connectivity index (χ1n) is 3.53. The number of hydrogen-bond acceptors (Lipinski definition) is 0. The Hall–Kier alpha value is -1.14. The monoisotopic (exact) mass is 201 g/mol. The number of alkyl halides is 2. The van der Waals surface area contributed by atoms with Crippen molar-refractivity contribution in [2.45, 2.75) is 5.92 Å². The van der Waals surface area contributed by atoms with Crippen molar-refractivity contribution in [3.05, 3.63) is 46.3 Å². The molecule has 0 N–H and O–H groups in total. The van der Waals surface area contributed by atoms with E-state index in [1.54, 1.807) is 0 Å². The lowest BCUT2D eigenvalue weighted by molar-refractivity contribution is 0.0141. The third-order valence-electron chi connectivity index (χ3n) is 1.54. The summed E-state index contributed by atoms with van der Waals surface area (Å²) < 4.78 is 26.1. The van der Waals surface area contributed by atoms with Crippen LogP contribution >= 0.6 is 11.6 Å². The molecule has 68 valence electrons. The van der Waals surface area contributed by atoms with Crippen LogP contribution < -0.4 is 0 Å². The van der Waals surface area contributed by atoms with Crippen LogP contribution in [0, 0.1) is 6.57 Å². The van der Waals surface area contributed by atoms with Gasteiger partial charge in [0.15, 0.2) is 0 Å². The molecule has 1 aromatic rings. The molecule has 0 heterocycles. The zero-order valence-electron chi connectivity index (χ0n) is 6.60. The van der Waals surface area contributed by atoms with Crippen LogP contribution in [-0.4, -0.2) is 6.54 Å². The minimum absolute atomic E-state index is 0.173. The molecule has 0 spiro atoms. The molecule has 0 atom stereocenters. The molecule has 0 fully saturated rings. The van der Waals surface area contributed by atoms with E-state index in [1.807, 2.05) is 0 Å². The Balaban J connectivity index is 2.95. The third-order valence-corrected chi connectivity index (χ3v) is 1.80. The van der Waals surface area contributed by atoms with E-state index in [4.69, 9.17) is 18.2 Å². The SMILES string of the molecule is [C-]#[N+]CC(F)(F)c1ccc(Cl)cc1. The second-order valence-electron chi connectivity index (χ2n) is 2.53. The number of halogens is 3. The van der Waals surface area contributed by atoms with Gasteiger partial charge in [-0.2, -0.15) is 8.78 Å². The highest BCUT2D eigenvalue weighted by Gasteiger charge is 2.35. The first-order valence-corrected chi connectivity index (χ1v) is 3.91. The molecular weight excluding hydrogens is 196 g/mol. The average molecular weight is 202 g/mol. The molecule has 0 saturated carbocycles. The summed E-state index contributed by atoms with van der Waals surface area (Å²) in [6.07, 6.45) is 0. The normalized spacial score (nSPS) is 10.9. The summed E-state index contributed by atoms with van der Waals surface area (Å²) in [4.78, 5) is 2.67. The van der Waals surface area contributed by atoms with Crippen LogP contribution in [0.15, 0.2) is 24.3 Å². The Morgan fingerprint density at radius 3 is 2.31 bits per heavy atom. The van der Waals surface area contributed by atoms with E-state index >= 15 is 0 Å². The van der Waals surface area contributed by atoms with Gasteiger partial charge >= 0.3 is 5.92 Å². The van der Waals surface area contributed by atoms with Gasteiger partial charge < -0.3 is 4.85 Å². The molecule has 0 aliphatic heterocycles. The molecule has 0 saturated heterocycles. The fourth-order valence-electron chi connectivity index (χ4n) is 0.884. The molecular formula is C9H6ClF2N. The molecule has 1 nitrogen and oxygen atoms in total. The first-order chi connectivity index (χ1) is 6.06. The van der Waals surface area contributed by atoms with Crippen molar-refractivity contribution in [1.29, 1.82) is 0 Å². The standard InChI is InChI=1S/C9H6ClF2N/c1-13-6-9(11,12)7-2-4-8(10)5-3-7/h2-5H,6H2. The summed E-state index contributed by atoms with van der Waals surface area (Å²) in [5, 5.41) is 0.405. The van der Waals surface area contributed by atoms with Crippen LogP contribution in [0.25, 0.3) is 4.85 Å². The zero-order chi connectivity index (χ0) is 9.90. The van der Waals surface area contributed by atoms with Gasteiger partial charge in [-0.1, -0.05) is 23.7 Å². The molecule has 0 aliphatic rings. The van der Waals surface area contributed by atoms with Gasteiger partial charge in [0, 0.05) is 10.6 Å². The zero-order valence-corrected chi connectivity index (χ0v) is 7.35. The summed E-state index contributed by atoms with van der Waals surface area (Å²) in [6, 6.07) is 5.23. The molecule has 0 unspecified atom stereocenters. The fourth-order valence-corrected chi connectivity index (χ4v) is 1.01. The summed E-state index contributed by atoms with van der Waals surface area (Å²) in [5.41, 5.74) is -0.173. The predicted octanol–water partition coefficient (Wildman–Crippen LogP) is 3.35. The molecule has 1 aromatic carbocycles. The van der Waals surface area contributed by atoms with Crippen LogP contribution in [0.5, 0.6) is 0 Å². The van der Waals surface area contributed by atoms with Gasteiger partial charge in [-0.3, -0.25) is 0 Å². The van der Waals surface area contributed by atoms with Crippen LogP contribution in [0.3, 0.4) is 0 Å². The van der Waals surface area contributed by atoms with E-state index in [0.29, 0.717) is 5.02 Å². The number of hydrogen-bond donors (Lipinski definition) is 0. The second kappa shape index (κ2) is 3.71. The van der Waals surface area contributed by atoms with Crippen molar-refractivity contribution in [3.63, 3.8) is 0 Å². The van der Waals surface area contributed by atoms with Crippen LogP contribution in [0.2, 0.25) is 5.02 Å². The van der Waals surface area contributed by atoms with Gasteiger partial charge in [-0.05, 0) is 12.1 Å². The Kier molecular flexibility index (Phi) is 2.84. The molecule has 0 aliphatic carbocycles. The second-order valence-corrected chi connectivity index (χ2v) is 2.96. The molecule has 0 radical (unpaired) electrons. The van der Waals surface area contributed by atoms with E-state index in [1.165, 1.54) is 24.3 Å². The maximum Gasteiger partial charge on any atom is 0.343 e. The summed E-state index contributed by atoms with van der Waals surface area (Å²) in [5.74, 6) is -3.08. The van der Waals surface area contributed by atoms with Crippen molar-refractivity contribution in [3.8, 4) is 0 Å². The highest BCUT2D eigenvalue weighted by Crippen LogP contribution is 2.28. The highest BCUT2D eigenvalue weighted by atomic mass is 35.5. The minimum atomic E-state index is -3.08. The van der Waals surface area contributed by atoms with Gasteiger partial charge in [-0.15, -0.1) is 0 Å². The number of benzene rings is 1. The predicted molar refractivity (Wildman–Crippen MR) is 46.8 cm³/mol. The Morgan fingerprint density at radius 2 is 1.85 bits per heavy atom. The van der Waals surface area contributed by atoms with E-state index in [2.05, 4.69) is 4.85 Å². The quantitative estimate of drug-likeness (QED) is 0.647. The minimum Gasteiger partial charge on any atom is -0.310 e. The molecule has 0 aromatic heterocycles. The Morgan fingerprint density at radius 1 is 1.31 bits per heavy atom. The Labute approximate surface area is 79.8 Å². The topological polar surface area (TPSA) is 4.36 Å². The van der Waals surface area contributed by atoms with Crippen molar-refractivity contribution in [2.24, 2.45) is 0 Å². The summed E-state index contributed by atoms with van der Waals surface area (Å²) in [7, 11) is 0. The largest absolute Gasteiger partial charge is 0.343 e. The number of nitrogens with zero attached hydrogens (tertiary/aromatic N) is 1. The molecule has 13 heavy (non-hydrogen) atoms. The van der Waals surface area contributed by atoms with Gasteiger partial charge in [0.2, 0.25) is 0 Å². The van der Waals surface area contributed by atoms with Crippen LogP contribution in [0.1, 0.15) is 5.56 Å². The molecule has 0 amide bonds. The lowest BCUT2D eigenvalue weighted by Crippen LogP contribution is -2.16. The van der Waals surface area contributed by atoms with Crippen molar-refractivity contribution >= 4 is 11.6 Å². The van der Waals surface area contributed by atoms with Gasteiger partial charge in [0.25, 0.3) is 6.54 Å². The molecule has 0 bridgehead atoms. The molecule has 4 heteroatoms. The number of rotatable bonds is 2. The maximum atomic E-state index is 13.0. The molecule has 1 rings (SSSR count). The van der Waals surface area contributed by atoms with E-state index in [0.717, 1.165) is 0 Å². The average Bonchev–Trinajstić information content (AvgIpc) is 2.05. The van der Waals surface area contributed by atoms with E-state index in [9.17, 15) is 8.78 Å². The van der Waals surface area contributed by atoms with Crippen molar-refractivity contribution < 1.29 is 8.78 Å². The van der Waals surface area contributed by atoms with E-state index in [-0.39, 0.29) is 5.56 Å². The maximum absolute atomic E-state index is 13.0.